The number of hydrogen-bond donors (Lipinski definition) is 4. The first-order chi connectivity index (χ1) is 27.4. The second kappa shape index (κ2) is 20.1. The lowest BCUT2D eigenvalue weighted by atomic mass is 9.80. The minimum atomic E-state index is -5.12. The summed E-state index contributed by atoms with van der Waals surface area (Å²) in [6.07, 6.45) is -15.7. The third kappa shape index (κ3) is 13.4. The van der Waals surface area contributed by atoms with Gasteiger partial charge in [0.1, 0.15) is 23.8 Å². The fourth-order valence-corrected chi connectivity index (χ4v) is 5.90. The van der Waals surface area contributed by atoms with E-state index in [9.17, 15) is 59.0 Å². The van der Waals surface area contributed by atoms with Crippen LogP contribution in [0.1, 0.15) is 84.5 Å². The molecule has 5 N–H and O–H groups in total. The number of carboxylic acids is 2. The molecule has 0 bridgehead atoms. The minimum Gasteiger partial charge on any atom is -0.488 e. The minimum absolute atomic E-state index is 0.0307. The molecule has 326 valence electrons. The molecule has 0 saturated carbocycles. The maximum absolute atomic E-state index is 13.5. The first kappa shape index (κ1) is 48.1. The highest BCUT2D eigenvalue weighted by Crippen LogP contribution is 2.45. The number of fused-ring (bicyclic) bond motifs is 1. The van der Waals surface area contributed by atoms with E-state index in [4.69, 9.17) is 30.2 Å². The average Bonchev–Trinajstić information content (AvgIpc) is 3.13. The Balaban J connectivity index is 0.000000615. The second-order valence-corrected chi connectivity index (χ2v) is 13.0. The molecule has 0 aliphatic carbocycles. The Bertz CT molecular complexity index is 1880. The zero-order valence-corrected chi connectivity index (χ0v) is 31.4. The van der Waals surface area contributed by atoms with Gasteiger partial charge in [0.2, 0.25) is 0 Å². The van der Waals surface area contributed by atoms with Crippen LogP contribution in [-0.2, 0) is 50.4 Å². The molecule has 2 aromatic heterocycles. The Morgan fingerprint density at radius 2 is 1.42 bits per heavy atom. The molecule has 0 spiro atoms. The van der Waals surface area contributed by atoms with Crippen molar-refractivity contribution in [3.05, 3.63) is 76.1 Å². The van der Waals surface area contributed by atoms with Gasteiger partial charge in [-0.25, -0.2) is 19.7 Å². The zero-order chi connectivity index (χ0) is 44.3. The predicted octanol–water partition coefficient (Wildman–Crippen LogP) is 7.17. The van der Waals surface area contributed by atoms with Crippen molar-refractivity contribution < 1.29 is 83.4 Å². The normalized spacial score (nSPS) is 16.8. The summed E-state index contributed by atoms with van der Waals surface area (Å²) in [6, 6.07) is 2.53. The van der Waals surface area contributed by atoms with Gasteiger partial charge in [-0.15, -0.1) is 0 Å². The first-order valence-electron chi connectivity index (χ1n) is 17.6. The highest BCUT2D eigenvalue weighted by molar-refractivity contribution is 5.89. The van der Waals surface area contributed by atoms with Crippen molar-refractivity contribution in [2.45, 2.75) is 82.0 Å². The van der Waals surface area contributed by atoms with Crippen molar-refractivity contribution >= 4 is 23.7 Å². The summed E-state index contributed by atoms with van der Waals surface area (Å²) >= 11 is 0. The molecule has 59 heavy (non-hydrogen) atoms. The number of alkyl halides is 9. The van der Waals surface area contributed by atoms with Crippen LogP contribution in [0.15, 0.2) is 36.5 Å². The summed E-state index contributed by atoms with van der Waals surface area (Å²) in [5.41, 5.74) is -0.827. The number of amides is 1. The molecule has 1 amide bonds. The summed E-state index contributed by atoms with van der Waals surface area (Å²) in [4.78, 5) is 45.3. The number of carbonyl (C=O) groups is 3. The second-order valence-electron chi connectivity index (χ2n) is 13.0. The molecule has 0 radical (unpaired) electrons. The quantitative estimate of drug-likeness (QED) is 0.0834. The lowest BCUT2D eigenvalue weighted by Gasteiger charge is -2.47. The number of pyridine rings is 1. The molecule has 0 saturated heterocycles. The van der Waals surface area contributed by atoms with E-state index in [-0.39, 0.29) is 67.2 Å². The van der Waals surface area contributed by atoms with Crippen LogP contribution in [0.5, 0.6) is 5.75 Å². The number of rotatable bonds is 16. The van der Waals surface area contributed by atoms with Crippen molar-refractivity contribution in [1.29, 1.82) is 0 Å². The predicted molar refractivity (Wildman–Crippen MR) is 187 cm³/mol. The molecule has 2 unspecified atom stereocenters. The number of aromatic nitrogens is 3. The largest absolute Gasteiger partial charge is 0.488 e. The van der Waals surface area contributed by atoms with Crippen LogP contribution in [-0.4, -0.2) is 87.5 Å². The number of anilines is 1. The number of nitrogens with zero attached hydrogens (tertiary/aromatic N) is 4. The van der Waals surface area contributed by atoms with E-state index in [0.29, 0.717) is 49.2 Å². The maximum atomic E-state index is 13.5. The smallest absolute Gasteiger partial charge is 0.433 e. The summed E-state index contributed by atoms with van der Waals surface area (Å²) in [5, 5.41) is 26.6. The standard InChI is InChI=1S/C28H26F9N5O4.C8H14O5/c1-3-25(38)17(12-18-20(42(25)24(43)44)4-5-22(40-18)28(35,36)37)23-39-13-21(46-7-6-45-2)19(41-23)10-14-8-15(26(29,30)31)11-16(9-14)27(32,33)34;9-7(10)3-1-5-13-6-2-4-8(11)12/h4-5,8-9,11,13,17H,3,6-7,10,12,38H2,1-2H3,(H,43,44);1-6H2,(H,9,10)(H,11,12). The molecule has 2 atom stereocenters. The Morgan fingerprint density at radius 3 is 1.90 bits per heavy atom. The highest BCUT2D eigenvalue weighted by atomic mass is 19.4. The van der Waals surface area contributed by atoms with Gasteiger partial charge in [-0.05, 0) is 55.2 Å². The van der Waals surface area contributed by atoms with Gasteiger partial charge in [0.25, 0.3) is 0 Å². The average molecular weight is 858 g/mol. The van der Waals surface area contributed by atoms with E-state index in [1.807, 2.05) is 0 Å². The molecule has 1 aliphatic heterocycles. The maximum Gasteiger partial charge on any atom is 0.433 e. The van der Waals surface area contributed by atoms with Crippen molar-refractivity contribution in [3.8, 4) is 5.75 Å². The Hall–Kier alpha value is -5.29. The fourth-order valence-electron chi connectivity index (χ4n) is 5.90. The molecule has 3 heterocycles. The number of hydrogen-bond acceptors (Lipinski definition) is 10. The summed E-state index contributed by atoms with van der Waals surface area (Å²) in [7, 11) is 1.35. The van der Waals surface area contributed by atoms with Gasteiger partial charge in [-0.1, -0.05) is 6.92 Å². The number of methoxy groups -OCH3 is 1. The van der Waals surface area contributed by atoms with Crippen LogP contribution < -0.4 is 15.4 Å². The third-order valence-corrected chi connectivity index (χ3v) is 8.74. The lowest BCUT2D eigenvalue weighted by molar-refractivity contribution is -0.143. The third-order valence-electron chi connectivity index (χ3n) is 8.74. The van der Waals surface area contributed by atoms with E-state index in [0.717, 1.165) is 12.3 Å². The van der Waals surface area contributed by atoms with Crippen molar-refractivity contribution in [2.24, 2.45) is 5.73 Å². The van der Waals surface area contributed by atoms with E-state index >= 15 is 0 Å². The molecular formula is C36H40F9N5O9. The topological polar surface area (TPSA) is 208 Å². The van der Waals surface area contributed by atoms with Gasteiger partial charge in [0.05, 0.1) is 46.9 Å². The number of aliphatic carboxylic acids is 2. The fraction of sp³-hybridized carbons (Fsp3) is 0.500. The van der Waals surface area contributed by atoms with Crippen molar-refractivity contribution in [3.63, 3.8) is 0 Å². The Kier molecular flexibility index (Phi) is 16.4. The van der Waals surface area contributed by atoms with Crippen LogP contribution in [0.4, 0.5) is 50.0 Å². The summed E-state index contributed by atoms with van der Waals surface area (Å²) in [5.74, 6) is -3.34. The number of ether oxygens (including phenoxy) is 3. The van der Waals surface area contributed by atoms with E-state index in [1.54, 1.807) is 0 Å². The van der Waals surface area contributed by atoms with Gasteiger partial charge >= 0.3 is 36.6 Å². The van der Waals surface area contributed by atoms with Crippen LogP contribution in [0, 0.1) is 0 Å². The number of benzene rings is 1. The van der Waals surface area contributed by atoms with Crippen LogP contribution in [0.3, 0.4) is 0 Å². The van der Waals surface area contributed by atoms with E-state index < -0.39 is 83.4 Å². The van der Waals surface area contributed by atoms with Crippen molar-refractivity contribution in [1.82, 2.24) is 15.0 Å². The van der Waals surface area contributed by atoms with E-state index in [2.05, 4.69) is 15.0 Å². The van der Waals surface area contributed by atoms with Crippen LogP contribution >= 0.6 is 0 Å². The SMILES string of the molecule is CCC1(N)C(c2ncc(OCCOC)c(Cc3cc(C(F)(F)F)cc(C(F)(F)F)c3)n2)Cc2nc(C(F)(F)F)ccc2N1C(=O)O.O=C(O)CCCOCCCC(=O)O. The molecule has 1 aromatic carbocycles. The summed E-state index contributed by atoms with van der Waals surface area (Å²) < 4.78 is 137. The number of nitrogens with two attached hydrogens (primary N) is 1. The Labute approximate surface area is 330 Å². The van der Waals surface area contributed by atoms with Gasteiger partial charge in [0.15, 0.2) is 5.75 Å². The first-order valence-corrected chi connectivity index (χ1v) is 17.6. The number of halogens is 9. The molecule has 14 nitrogen and oxygen atoms in total. The Morgan fingerprint density at radius 1 is 0.847 bits per heavy atom. The van der Waals surface area contributed by atoms with Crippen molar-refractivity contribution in [2.75, 3.05) is 38.4 Å². The van der Waals surface area contributed by atoms with Gasteiger partial charge in [-0.2, -0.15) is 39.5 Å². The zero-order valence-electron chi connectivity index (χ0n) is 31.4. The number of carboxylic acid groups (broad SMARTS) is 3. The van der Waals surface area contributed by atoms with Crippen LogP contribution in [0.2, 0.25) is 0 Å². The van der Waals surface area contributed by atoms with Gasteiger partial charge < -0.3 is 35.3 Å². The summed E-state index contributed by atoms with van der Waals surface area (Å²) in [6.45, 7) is 2.19. The highest BCUT2D eigenvalue weighted by Gasteiger charge is 2.50. The van der Waals surface area contributed by atoms with Gasteiger partial charge in [-0.3, -0.25) is 14.5 Å². The monoisotopic (exact) mass is 857 g/mol. The molecule has 4 rings (SSSR count). The molecule has 23 heteroatoms. The molecule has 3 aromatic rings. The van der Waals surface area contributed by atoms with Gasteiger partial charge in [0, 0.05) is 46.0 Å². The molecule has 0 fully saturated rings. The molecule has 1 aliphatic rings. The van der Waals surface area contributed by atoms with Crippen LogP contribution in [0.25, 0.3) is 0 Å². The lowest BCUT2D eigenvalue weighted by Crippen LogP contribution is -2.64. The van der Waals surface area contributed by atoms with E-state index in [1.165, 1.54) is 14.0 Å². The molecular weight excluding hydrogens is 817 g/mol.